The summed E-state index contributed by atoms with van der Waals surface area (Å²) in [4.78, 5) is 0. The van der Waals surface area contributed by atoms with Gasteiger partial charge in [0.2, 0.25) is 0 Å². The molecular weight excluding hydrogens is 210 g/mol. The minimum Gasteiger partial charge on any atom is -0.493 e. The predicted octanol–water partition coefficient (Wildman–Crippen LogP) is 3.74. The molecule has 1 aromatic rings. The molecule has 96 valence electrons. The zero-order chi connectivity index (χ0) is 12.5. The van der Waals surface area contributed by atoms with Gasteiger partial charge in [-0.05, 0) is 30.0 Å². The molecule has 0 spiro atoms. The van der Waals surface area contributed by atoms with Crippen molar-refractivity contribution in [2.45, 2.75) is 46.1 Å². The molecule has 0 bridgehead atoms. The maximum absolute atomic E-state index is 5.84. The number of ether oxygens (including phenoxy) is 1. The summed E-state index contributed by atoms with van der Waals surface area (Å²) in [5.41, 5.74) is 6.74. The van der Waals surface area contributed by atoms with Gasteiger partial charge in [0.1, 0.15) is 5.75 Å². The van der Waals surface area contributed by atoms with Gasteiger partial charge >= 0.3 is 0 Å². The fourth-order valence-electron chi connectivity index (χ4n) is 1.87. The molecule has 0 aromatic heterocycles. The van der Waals surface area contributed by atoms with Crippen molar-refractivity contribution in [3.05, 3.63) is 29.8 Å². The molecule has 0 radical (unpaired) electrons. The number of benzene rings is 1. The normalized spacial score (nSPS) is 12.4. The van der Waals surface area contributed by atoms with E-state index in [2.05, 4.69) is 13.8 Å². The van der Waals surface area contributed by atoms with E-state index in [4.69, 9.17) is 10.5 Å². The van der Waals surface area contributed by atoms with Crippen LogP contribution >= 0.6 is 0 Å². The monoisotopic (exact) mass is 235 g/mol. The van der Waals surface area contributed by atoms with Crippen molar-refractivity contribution in [3.8, 4) is 5.75 Å². The molecule has 0 heterocycles. The third-order valence-corrected chi connectivity index (χ3v) is 3.16. The van der Waals surface area contributed by atoms with Crippen LogP contribution in [0.25, 0.3) is 0 Å². The standard InChI is InChI=1S/C15H25NO/c1-3-5-7-13(4-2)12-17-15-9-6-8-14(10-15)11-16/h6,8-10,13H,3-5,7,11-12,16H2,1-2H3. The van der Waals surface area contributed by atoms with Gasteiger partial charge in [0.25, 0.3) is 0 Å². The van der Waals surface area contributed by atoms with Crippen LogP contribution in [0.3, 0.4) is 0 Å². The van der Waals surface area contributed by atoms with Crippen LogP contribution in [0.15, 0.2) is 24.3 Å². The summed E-state index contributed by atoms with van der Waals surface area (Å²) in [6.07, 6.45) is 5.02. The molecule has 0 aliphatic heterocycles. The SMILES string of the molecule is CCCCC(CC)COc1cccc(CN)c1. The predicted molar refractivity (Wildman–Crippen MR) is 73.1 cm³/mol. The van der Waals surface area contributed by atoms with Crippen LogP contribution in [0.5, 0.6) is 5.75 Å². The molecule has 2 heteroatoms. The van der Waals surface area contributed by atoms with E-state index in [1.165, 1.54) is 25.7 Å². The van der Waals surface area contributed by atoms with Crippen molar-refractivity contribution in [2.75, 3.05) is 6.61 Å². The molecule has 1 aromatic carbocycles. The Kier molecular flexibility index (Phi) is 6.71. The molecule has 17 heavy (non-hydrogen) atoms. The Morgan fingerprint density at radius 1 is 1.29 bits per heavy atom. The third kappa shape index (κ3) is 5.22. The second kappa shape index (κ2) is 8.13. The highest BCUT2D eigenvalue weighted by Gasteiger charge is 2.06. The van der Waals surface area contributed by atoms with Crippen LogP contribution in [0.2, 0.25) is 0 Å². The fraction of sp³-hybridized carbons (Fsp3) is 0.600. The summed E-state index contributed by atoms with van der Waals surface area (Å²) in [5.74, 6) is 1.62. The Hall–Kier alpha value is -1.02. The van der Waals surface area contributed by atoms with E-state index in [1.54, 1.807) is 0 Å². The first-order valence-corrected chi connectivity index (χ1v) is 6.71. The van der Waals surface area contributed by atoms with E-state index in [1.807, 2.05) is 24.3 Å². The number of unbranched alkanes of at least 4 members (excludes halogenated alkanes) is 1. The van der Waals surface area contributed by atoms with E-state index in [-0.39, 0.29) is 0 Å². The first kappa shape index (κ1) is 14.0. The van der Waals surface area contributed by atoms with E-state index in [0.29, 0.717) is 12.5 Å². The van der Waals surface area contributed by atoms with Gasteiger partial charge in [-0.2, -0.15) is 0 Å². The minimum absolute atomic E-state index is 0.574. The molecule has 0 amide bonds. The zero-order valence-corrected chi connectivity index (χ0v) is 11.1. The Balaban J connectivity index is 2.41. The molecule has 0 saturated carbocycles. The van der Waals surface area contributed by atoms with Gasteiger partial charge in [0.15, 0.2) is 0 Å². The van der Waals surface area contributed by atoms with E-state index in [0.717, 1.165) is 17.9 Å². The second-order valence-electron chi connectivity index (χ2n) is 4.58. The molecular formula is C15H25NO. The quantitative estimate of drug-likeness (QED) is 0.745. The smallest absolute Gasteiger partial charge is 0.119 e. The van der Waals surface area contributed by atoms with Crippen LogP contribution in [-0.4, -0.2) is 6.61 Å². The molecule has 1 unspecified atom stereocenters. The van der Waals surface area contributed by atoms with Crippen LogP contribution in [0.4, 0.5) is 0 Å². The van der Waals surface area contributed by atoms with Crippen molar-refractivity contribution >= 4 is 0 Å². The average Bonchev–Trinajstić information content (AvgIpc) is 2.39. The molecule has 2 N–H and O–H groups in total. The minimum atomic E-state index is 0.574. The van der Waals surface area contributed by atoms with Gasteiger partial charge in [-0.3, -0.25) is 0 Å². The van der Waals surface area contributed by atoms with Crippen LogP contribution in [0, 0.1) is 5.92 Å². The fourth-order valence-corrected chi connectivity index (χ4v) is 1.87. The lowest BCUT2D eigenvalue weighted by atomic mass is 10.0. The topological polar surface area (TPSA) is 35.2 Å². The highest BCUT2D eigenvalue weighted by atomic mass is 16.5. The molecule has 1 rings (SSSR count). The van der Waals surface area contributed by atoms with Gasteiger partial charge in [0, 0.05) is 6.54 Å². The van der Waals surface area contributed by atoms with Crippen LogP contribution in [-0.2, 0) is 6.54 Å². The van der Waals surface area contributed by atoms with Gasteiger partial charge in [0.05, 0.1) is 6.61 Å². The largest absolute Gasteiger partial charge is 0.493 e. The Labute approximate surface area is 105 Å². The van der Waals surface area contributed by atoms with Gasteiger partial charge < -0.3 is 10.5 Å². The highest BCUT2D eigenvalue weighted by Crippen LogP contribution is 2.17. The summed E-state index contributed by atoms with van der Waals surface area (Å²) >= 11 is 0. The molecule has 2 nitrogen and oxygen atoms in total. The summed E-state index contributed by atoms with van der Waals surface area (Å²) < 4.78 is 5.84. The van der Waals surface area contributed by atoms with Gasteiger partial charge in [-0.25, -0.2) is 0 Å². The maximum atomic E-state index is 5.84. The van der Waals surface area contributed by atoms with Crippen molar-refractivity contribution in [1.82, 2.24) is 0 Å². The van der Waals surface area contributed by atoms with Gasteiger partial charge in [-0.1, -0.05) is 45.2 Å². The Morgan fingerprint density at radius 2 is 2.12 bits per heavy atom. The van der Waals surface area contributed by atoms with Crippen molar-refractivity contribution in [3.63, 3.8) is 0 Å². The summed E-state index contributed by atoms with van der Waals surface area (Å²) in [6.45, 7) is 5.87. The van der Waals surface area contributed by atoms with E-state index >= 15 is 0 Å². The van der Waals surface area contributed by atoms with Crippen molar-refractivity contribution in [1.29, 1.82) is 0 Å². The van der Waals surface area contributed by atoms with E-state index in [9.17, 15) is 0 Å². The lowest BCUT2D eigenvalue weighted by Crippen LogP contribution is -2.11. The number of rotatable bonds is 8. The Morgan fingerprint density at radius 3 is 2.76 bits per heavy atom. The summed E-state index contributed by atoms with van der Waals surface area (Å²) in [6, 6.07) is 8.07. The van der Waals surface area contributed by atoms with E-state index < -0.39 is 0 Å². The molecule has 0 saturated heterocycles. The first-order chi connectivity index (χ1) is 8.30. The lowest BCUT2D eigenvalue weighted by Gasteiger charge is -2.15. The average molecular weight is 235 g/mol. The number of hydrogen-bond acceptors (Lipinski definition) is 2. The maximum Gasteiger partial charge on any atom is 0.119 e. The molecule has 0 aliphatic rings. The zero-order valence-electron chi connectivity index (χ0n) is 11.1. The van der Waals surface area contributed by atoms with Gasteiger partial charge in [-0.15, -0.1) is 0 Å². The first-order valence-electron chi connectivity index (χ1n) is 6.71. The van der Waals surface area contributed by atoms with Crippen LogP contribution < -0.4 is 10.5 Å². The Bertz CT molecular complexity index is 312. The van der Waals surface area contributed by atoms with Crippen LogP contribution in [0.1, 0.15) is 45.1 Å². The number of hydrogen-bond donors (Lipinski definition) is 1. The molecule has 1 atom stereocenters. The number of nitrogens with two attached hydrogens (primary N) is 1. The molecule has 0 aliphatic carbocycles. The van der Waals surface area contributed by atoms with Crippen molar-refractivity contribution in [2.24, 2.45) is 11.7 Å². The lowest BCUT2D eigenvalue weighted by molar-refractivity contribution is 0.233. The molecule has 0 fully saturated rings. The second-order valence-corrected chi connectivity index (χ2v) is 4.58. The summed E-state index contributed by atoms with van der Waals surface area (Å²) in [7, 11) is 0. The summed E-state index contributed by atoms with van der Waals surface area (Å²) in [5, 5.41) is 0. The van der Waals surface area contributed by atoms with Crippen molar-refractivity contribution < 1.29 is 4.74 Å². The third-order valence-electron chi connectivity index (χ3n) is 3.16. The highest BCUT2D eigenvalue weighted by molar-refractivity contribution is 5.28.